The van der Waals surface area contributed by atoms with Crippen LogP contribution in [0.3, 0.4) is 0 Å². The monoisotopic (exact) mass is 442 g/mol. The quantitative estimate of drug-likeness (QED) is 0.279. The minimum absolute atomic E-state index is 0.0101. The average Bonchev–Trinajstić information content (AvgIpc) is 3.36. The van der Waals surface area contributed by atoms with Crippen LogP contribution in [0.2, 0.25) is 0 Å². The molecular weight excluding hydrogens is 408 g/mol. The van der Waals surface area contributed by atoms with Crippen LogP contribution in [-0.2, 0) is 10.8 Å². The zero-order valence-electron chi connectivity index (χ0n) is 20.6. The summed E-state index contributed by atoms with van der Waals surface area (Å²) in [6.07, 6.45) is 4.60. The molecule has 0 bridgehead atoms. The number of hydrogen-bond donors (Lipinski definition) is 0. The lowest BCUT2D eigenvalue weighted by Gasteiger charge is -2.50. The van der Waals surface area contributed by atoms with Crippen LogP contribution in [0.5, 0.6) is 0 Å². The van der Waals surface area contributed by atoms with Gasteiger partial charge in [-0.1, -0.05) is 124 Å². The Bertz CT molecular complexity index is 1160. The van der Waals surface area contributed by atoms with Crippen molar-refractivity contribution >= 4 is 0 Å². The summed E-state index contributed by atoms with van der Waals surface area (Å²) in [4.78, 5) is 0. The molecule has 4 aromatic rings. The van der Waals surface area contributed by atoms with Gasteiger partial charge in [0.1, 0.15) is 0 Å². The molecule has 2 aliphatic carbocycles. The van der Waals surface area contributed by atoms with Gasteiger partial charge in [0.15, 0.2) is 0 Å². The first-order valence-corrected chi connectivity index (χ1v) is 13.1. The maximum atomic E-state index is 2.43. The lowest BCUT2D eigenvalue weighted by Crippen LogP contribution is -2.47. The zero-order valence-corrected chi connectivity index (χ0v) is 20.6. The smallest absolute Gasteiger partial charge is 0.0252 e. The molecule has 0 saturated carbocycles. The molecule has 6 rings (SSSR count). The van der Waals surface area contributed by atoms with Gasteiger partial charge in [-0.2, -0.15) is 0 Å². The van der Waals surface area contributed by atoms with Gasteiger partial charge in [-0.15, -0.1) is 0 Å². The van der Waals surface area contributed by atoms with E-state index in [0.29, 0.717) is 5.92 Å². The molecule has 170 valence electrons. The number of fused-ring (bicyclic) bond motifs is 6. The molecule has 2 aliphatic rings. The fourth-order valence-corrected chi connectivity index (χ4v) is 7.93. The Hall–Kier alpha value is -3.12. The van der Waals surface area contributed by atoms with E-state index in [9.17, 15) is 0 Å². The van der Waals surface area contributed by atoms with Crippen LogP contribution in [-0.4, -0.2) is 0 Å². The van der Waals surface area contributed by atoms with Crippen molar-refractivity contribution in [3.05, 3.63) is 119 Å². The molecule has 0 heteroatoms. The molecule has 0 fully saturated rings. The molecule has 0 radical (unpaired) electrons. The van der Waals surface area contributed by atoms with Crippen molar-refractivity contribution in [1.82, 2.24) is 0 Å². The second kappa shape index (κ2) is 7.98. The van der Waals surface area contributed by atoms with E-state index in [4.69, 9.17) is 0 Å². The van der Waals surface area contributed by atoms with E-state index in [2.05, 4.69) is 118 Å². The maximum absolute atomic E-state index is 2.43. The number of benzene rings is 4. The molecule has 0 aromatic heterocycles. The van der Waals surface area contributed by atoms with E-state index in [-0.39, 0.29) is 10.8 Å². The summed E-state index contributed by atoms with van der Waals surface area (Å²) in [5, 5.41) is 0. The summed E-state index contributed by atoms with van der Waals surface area (Å²) in [5.41, 5.74) is 11.9. The standard InChI is InChI=1S/C34H34/c1-4-15-32(33(5-2)28-20-11-7-16-24(28)25-17-8-12-21-29(25)33)34(6-3)30-22-13-9-18-26(30)27-19-10-14-23-31(27)34/h7-14,16-23,32H,4-6,15H2,1-3H3. The summed E-state index contributed by atoms with van der Waals surface area (Å²) in [6.45, 7) is 7.23. The van der Waals surface area contributed by atoms with Gasteiger partial charge in [0.05, 0.1) is 0 Å². The topological polar surface area (TPSA) is 0 Å². The van der Waals surface area contributed by atoms with Gasteiger partial charge in [-0.05, 0) is 69.7 Å². The molecule has 0 saturated heterocycles. The van der Waals surface area contributed by atoms with Crippen LogP contribution < -0.4 is 0 Å². The van der Waals surface area contributed by atoms with Gasteiger partial charge in [-0.3, -0.25) is 0 Å². The first-order chi connectivity index (χ1) is 16.7. The molecule has 0 spiro atoms. The molecule has 0 atom stereocenters. The van der Waals surface area contributed by atoms with Gasteiger partial charge in [0.25, 0.3) is 0 Å². The van der Waals surface area contributed by atoms with E-state index in [1.165, 1.54) is 57.3 Å². The Morgan fingerprint density at radius 3 is 1.03 bits per heavy atom. The van der Waals surface area contributed by atoms with E-state index in [1.807, 2.05) is 0 Å². The van der Waals surface area contributed by atoms with E-state index >= 15 is 0 Å². The third kappa shape index (κ3) is 2.55. The number of hydrogen-bond acceptors (Lipinski definition) is 0. The summed E-state index contributed by atoms with van der Waals surface area (Å²) in [6, 6.07) is 37.0. The molecule has 0 nitrogen and oxygen atoms in total. The fourth-order valence-electron chi connectivity index (χ4n) is 7.93. The minimum atomic E-state index is -0.0101. The third-order valence-corrected chi connectivity index (χ3v) is 9.09. The highest BCUT2D eigenvalue weighted by atomic mass is 14.6. The zero-order chi connectivity index (χ0) is 23.3. The molecular formula is C34H34. The Morgan fingerprint density at radius 2 is 0.765 bits per heavy atom. The molecule has 0 heterocycles. The van der Waals surface area contributed by atoms with Gasteiger partial charge in [0, 0.05) is 10.8 Å². The number of rotatable bonds is 6. The van der Waals surface area contributed by atoms with Crippen molar-refractivity contribution in [3.63, 3.8) is 0 Å². The second-order valence-electron chi connectivity index (χ2n) is 10.2. The highest BCUT2D eigenvalue weighted by Crippen LogP contribution is 2.65. The largest absolute Gasteiger partial charge is 0.0654 e. The van der Waals surface area contributed by atoms with Crippen LogP contribution >= 0.6 is 0 Å². The summed E-state index contributed by atoms with van der Waals surface area (Å²) in [5.74, 6) is 0.467. The van der Waals surface area contributed by atoms with Crippen LogP contribution in [0.15, 0.2) is 97.1 Å². The lowest BCUT2D eigenvalue weighted by molar-refractivity contribution is 0.186. The van der Waals surface area contributed by atoms with Crippen molar-refractivity contribution in [2.45, 2.75) is 57.3 Å². The van der Waals surface area contributed by atoms with Crippen molar-refractivity contribution in [1.29, 1.82) is 0 Å². The SMILES string of the molecule is CCCC(C1(CC)c2ccccc2-c2ccccc21)C1(CC)c2ccccc2-c2ccccc21. The fraction of sp³-hybridized carbons (Fsp3) is 0.294. The van der Waals surface area contributed by atoms with Gasteiger partial charge < -0.3 is 0 Å². The van der Waals surface area contributed by atoms with Gasteiger partial charge in [0.2, 0.25) is 0 Å². The predicted octanol–water partition coefficient (Wildman–Crippen LogP) is 9.16. The van der Waals surface area contributed by atoms with Gasteiger partial charge >= 0.3 is 0 Å². The van der Waals surface area contributed by atoms with Crippen molar-refractivity contribution in [3.8, 4) is 22.3 Å². The van der Waals surface area contributed by atoms with E-state index in [0.717, 1.165) is 12.8 Å². The third-order valence-electron chi connectivity index (χ3n) is 9.09. The summed E-state index contributed by atoms with van der Waals surface area (Å²) in [7, 11) is 0. The molecule has 34 heavy (non-hydrogen) atoms. The van der Waals surface area contributed by atoms with Crippen molar-refractivity contribution < 1.29 is 0 Å². The average molecular weight is 443 g/mol. The first-order valence-electron chi connectivity index (χ1n) is 13.1. The molecule has 0 unspecified atom stereocenters. The lowest BCUT2D eigenvalue weighted by atomic mass is 9.52. The normalized spacial score (nSPS) is 16.1. The van der Waals surface area contributed by atoms with Gasteiger partial charge in [-0.25, -0.2) is 0 Å². The van der Waals surface area contributed by atoms with E-state index in [1.54, 1.807) is 0 Å². The van der Waals surface area contributed by atoms with Crippen molar-refractivity contribution in [2.24, 2.45) is 5.92 Å². The summed E-state index contributed by atoms with van der Waals surface area (Å²) >= 11 is 0. The van der Waals surface area contributed by atoms with Crippen LogP contribution in [0.1, 0.15) is 68.7 Å². The molecule has 0 amide bonds. The van der Waals surface area contributed by atoms with Crippen LogP contribution in [0.25, 0.3) is 22.3 Å². The second-order valence-corrected chi connectivity index (χ2v) is 10.2. The Morgan fingerprint density at radius 1 is 0.471 bits per heavy atom. The van der Waals surface area contributed by atoms with Crippen LogP contribution in [0, 0.1) is 5.92 Å². The predicted molar refractivity (Wildman–Crippen MR) is 144 cm³/mol. The Kier molecular flexibility index (Phi) is 5.03. The Balaban J connectivity index is 1.73. The minimum Gasteiger partial charge on any atom is -0.0654 e. The Labute approximate surface area is 204 Å². The summed E-state index contributed by atoms with van der Waals surface area (Å²) < 4.78 is 0. The molecule has 0 aliphatic heterocycles. The molecule has 0 N–H and O–H groups in total. The first kappa shape index (κ1) is 21.4. The highest BCUT2D eigenvalue weighted by Gasteiger charge is 2.57. The molecule has 4 aromatic carbocycles. The van der Waals surface area contributed by atoms with E-state index < -0.39 is 0 Å². The van der Waals surface area contributed by atoms with Crippen molar-refractivity contribution in [2.75, 3.05) is 0 Å². The van der Waals surface area contributed by atoms with Crippen LogP contribution in [0.4, 0.5) is 0 Å². The maximum Gasteiger partial charge on any atom is 0.0252 e. The highest BCUT2D eigenvalue weighted by molar-refractivity contribution is 5.84.